The van der Waals surface area contributed by atoms with Crippen LogP contribution in [-0.4, -0.2) is 36.6 Å². The number of methoxy groups -OCH3 is 1. The number of esters is 1. The highest BCUT2D eigenvalue weighted by atomic mass is 16.6. The van der Waals surface area contributed by atoms with Gasteiger partial charge in [0, 0.05) is 0 Å². The fraction of sp³-hybridized carbons (Fsp3) is 0.357. The van der Waals surface area contributed by atoms with Crippen molar-refractivity contribution in [1.82, 2.24) is 4.90 Å². The molecule has 0 bridgehead atoms. The molecular weight excluding hydrogens is 262 g/mol. The van der Waals surface area contributed by atoms with Crippen LogP contribution < -0.4 is 0 Å². The predicted octanol–water partition coefficient (Wildman–Crippen LogP) is 1.52. The monoisotopic (exact) mass is 277 g/mol. The summed E-state index contributed by atoms with van der Waals surface area (Å²) < 4.78 is 9.46. The summed E-state index contributed by atoms with van der Waals surface area (Å²) in [5.41, 5.74) is 0.781. The number of benzene rings is 1. The first-order valence-corrected chi connectivity index (χ1v) is 6.19. The summed E-state index contributed by atoms with van der Waals surface area (Å²) >= 11 is 0. The molecule has 1 aliphatic heterocycles. The maximum Gasteiger partial charge on any atom is 0.417 e. The van der Waals surface area contributed by atoms with Gasteiger partial charge in [-0.25, -0.2) is 9.69 Å². The van der Waals surface area contributed by atoms with Gasteiger partial charge in [-0.15, -0.1) is 0 Å². The Bertz CT molecular complexity index is 528. The van der Waals surface area contributed by atoms with E-state index in [2.05, 4.69) is 4.74 Å². The summed E-state index contributed by atoms with van der Waals surface area (Å²) in [4.78, 5) is 36.4. The van der Waals surface area contributed by atoms with Crippen molar-refractivity contribution >= 4 is 18.0 Å². The molecule has 6 heteroatoms. The summed E-state index contributed by atoms with van der Waals surface area (Å²) in [6.45, 7) is 1.49. The van der Waals surface area contributed by atoms with Crippen molar-refractivity contribution in [1.29, 1.82) is 0 Å². The molecule has 2 rings (SSSR count). The van der Waals surface area contributed by atoms with Crippen LogP contribution in [0.4, 0.5) is 4.79 Å². The molecule has 1 unspecified atom stereocenters. The summed E-state index contributed by atoms with van der Waals surface area (Å²) in [5.74, 6) is -2.34. The molecule has 0 N–H and O–H groups in total. The molecule has 106 valence electrons. The van der Waals surface area contributed by atoms with Crippen LogP contribution in [0.2, 0.25) is 0 Å². The molecule has 1 aliphatic rings. The van der Waals surface area contributed by atoms with Gasteiger partial charge >= 0.3 is 12.1 Å². The second-order valence-electron chi connectivity index (χ2n) is 4.46. The number of carbonyl (C=O) groups excluding carboxylic acids is 3. The summed E-state index contributed by atoms with van der Waals surface area (Å²) in [7, 11) is 1.20. The van der Waals surface area contributed by atoms with Gasteiger partial charge in [0.25, 0.3) is 0 Å². The van der Waals surface area contributed by atoms with Gasteiger partial charge in [0.1, 0.15) is 18.6 Å². The van der Waals surface area contributed by atoms with Gasteiger partial charge in [0.15, 0.2) is 0 Å². The molecule has 0 aliphatic carbocycles. The number of hydrogen-bond donors (Lipinski definition) is 0. The van der Waals surface area contributed by atoms with E-state index in [4.69, 9.17) is 4.74 Å². The molecule has 1 heterocycles. The van der Waals surface area contributed by atoms with Crippen LogP contribution in [0.5, 0.6) is 0 Å². The Kier molecular flexibility index (Phi) is 4.02. The predicted molar refractivity (Wildman–Crippen MR) is 68.6 cm³/mol. The molecule has 2 atom stereocenters. The van der Waals surface area contributed by atoms with Crippen molar-refractivity contribution in [2.45, 2.75) is 13.0 Å². The molecule has 20 heavy (non-hydrogen) atoms. The van der Waals surface area contributed by atoms with Crippen LogP contribution >= 0.6 is 0 Å². The lowest BCUT2D eigenvalue weighted by Crippen LogP contribution is -2.40. The number of ether oxygens (including phenoxy) is 2. The highest BCUT2D eigenvalue weighted by Gasteiger charge is 2.42. The highest BCUT2D eigenvalue weighted by Crippen LogP contribution is 2.29. The minimum Gasteiger partial charge on any atom is -0.468 e. The van der Waals surface area contributed by atoms with Crippen LogP contribution in [-0.2, 0) is 19.1 Å². The van der Waals surface area contributed by atoms with Crippen molar-refractivity contribution in [3.63, 3.8) is 0 Å². The minimum atomic E-state index is -1.04. The lowest BCUT2D eigenvalue weighted by molar-refractivity contribution is -0.152. The normalized spacial score (nSPS) is 19.4. The fourth-order valence-corrected chi connectivity index (χ4v) is 2.07. The number of imide groups is 1. The first-order chi connectivity index (χ1) is 9.56. The molecule has 2 amide bonds. The Morgan fingerprint density at radius 3 is 2.60 bits per heavy atom. The third-order valence-electron chi connectivity index (χ3n) is 3.22. The fourth-order valence-electron chi connectivity index (χ4n) is 2.07. The Morgan fingerprint density at radius 2 is 2.00 bits per heavy atom. The lowest BCUT2D eigenvalue weighted by atomic mass is 10.0. The number of cyclic esters (lactones) is 1. The van der Waals surface area contributed by atoms with Gasteiger partial charge in [0.05, 0.1) is 7.11 Å². The van der Waals surface area contributed by atoms with E-state index in [0.717, 1.165) is 10.5 Å². The van der Waals surface area contributed by atoms with E-state index in [1.54, 1.807) is 12.1 Å². The molecule has 1 aromatic rings. The summed E-state index contributed by atoms with van der Waals surface area (Å²) in [6.07, 6.45) is -0.736. The van der Waals surface area contributed by atoms with E-state index in [-0.39, 0.29) is 6.61 Å². The van der Waals surface area contributed by atoms with Gasteiger partial charge in [-0.05, 0) is 12.5 Å². The molecule has 1 fully saturated rings. The number of hydrogen-bond acceptors (Lipinski definition) is 5. The molecule has 0 aromatic heterocycles. The van der Waals surface area contributed by atoms with E-state index in [9.17, 15) is 14.4 Å². The second-order valence-corrected chi connectivity index (χ2v) is 4.46. The number of amides is 2. The van der Waals surface area contributed by atoms with Crippen molar-refractivity contribution in [3.05, 3.63) is 35.9 Å². The Morgan fingerprint density at radius 1 is 1.35 bits per heavy atom. The van der Waals surface area contributed by atoms with E-state index in [1.165, 1.54) is 14.0 Å². The average molecular weight is 277 g/mol. The Labute approximate surface area is 116 Å². The van der Waals surface area contributed by atoms with Crippen LogP contribution in [0.25, 0.3) is 0 Å². The van der Waals surface area contributed by atoms with E-state index >= 15 is 0 Å². The zero-order valence-electron chi connectivity index (χ0n) is 11.2. The SMILES string of the molecule is COC(=O)C(C)C(=O)N1C(=O)OC[C@H]1c1ccccc1. The molecule has 0 radical (unpaired) electrons. The second kappa shape index (κ2) is 5.73. The molecule has 1 aromatic carbocycles. The molecule has 1 saturated heterocycles. The van der Waals surface area contributed by atoms with Crippen LogP contribution in [0.15, 0.2) is 30.3 Å². The minimum absolute atomic E-state index is 0.0858. The molecule has 6 nitrogen and oxygen atoms in total. The van der Waals surface area contributed by atoms with Crippen molar-refractivity contribution < 1.29 is 23.9 Å². The highest BCUT2D eigenvalue weighted by molar-refractivity contribution is 6.04. The molecular formula is C14H15NO5. The van der Waals surface area contributed by atoms with Gasteiger partial charge in [-0.3, -0.25) is 9.59 Å². The lowest BCUT2D eigenvalue weighted by Gasteiger charge is -2.22. The van der Waals surface area contributed by atoms with E-state index < -0.39 is 29.9 Å². The van der Waals surface area contributed by atoms with Crippen molar-refractivity contribution in [2.24, 2.45) is 5.92 Å². The van der Waals surface area contributed by atoms with Gasteiger partial charge in [0.2, 0.25) is 5.91 Å². The van der Waals surface area contributed by atoms with Crippen molar-refractivity contribution in [2.75, 3.05) is 13.7 Å². The number of rotatable bonds is 3. The standard InChI is InChI=1S/C14H15NO5/c1-9(13(17)19-2)12(16)15-11(8-20-14(15)18)10-6-4-3-5-7-10/h3-7,9,11H,8H2,1-2H3/t9?,11-/m0/s1. The number of carbonyl (C=O) groups is 3. The largest absolute Gasteiger partial charge is 0.468 e. The third kappa shape index (κ3) is 2.49. The quantitative estimate of drug-likeness (QED) is 0.618. The number of nitrogens with zero attached hydrogens (tertiary/aromatic N) is 1. The van der Waals surface area contributed by atoms with Gasteiger partial charge in [-0.1, -0.05) is 30.3 Å². The first-order valence-electron chi connectivity index (χ1n) is 6.19. The van der Waals surface area contributed by atoms with Crippen LogP contribution in [0.1, 0.15) is 18.5 Å². The Hall–Kier alpha value is -2.37. The van der Waals surface area contributed by atoms with E-state index in [0.29, 0.717) is 0 Å². The van der Waals surface area contributed by atoms with Crippen molar-refractivity contribution in [3.8, 4) is 0 Å². The summed E-state index contributed by atoms with van der Waals surface area (Å²) in [6, 6.07) is 8.55. The van der Waals surface area contributed by atoms with Crippen LogP contribution in [0, 0.1) is 5.92 Å². The first kappa shape index (κ1) is 14.0. The van der Waals surface area contributed by atoms with Gasteiger partial charge in [-0.2, -0.15) is 0 Å². The van der Waals surface area contributed by atoms with Gasteiger partial charge < -0.3 is 9.47 Å². The Balaban J connectivity index is 2.25. The average Bonchev–Trinajstić information content (AvgIpc) is 2.87. The molecule has 0 saturated carbocycles. The van der Waals surface area contributed by atoms with E-state index in [1.807, 2.05) is 18.2 Å². The topological polar surface area (TPSA) is 72.9 Å². The third-order valence-corrected chi connectivity index (χ3v) is 3.22. The van der Waals surface area contributed by atoms with Crippen LogP contribution in [0.3, 0.4) is 0 Å². The molecule has 0 spiro atoms. The smallest absolute Gasteiger partial charge is 0.417 e. The summed E-state index contributed by atoms with van der Waals surface area (Å²) in [5, 5.41) is 0. The maximum atomic E-state index is 12.3. The zero-order chi connectivity index (χ0) is 14.7. The zero-order valence-corrected chi connectivity index (χ0v) is 11.2. The maximum absolute atomic E-state index is 12.3.